The molecule has 0 aliphatic carbocycles. The molecule has 0 saturated carbocycles. The lowest BCUT2D eigenvalue weighted by Gasteiger charge is -2.08. The molecule has 0 aliphatic heterocycles. The molecule has 1 aromatic carbocycles. The van der Waals surface area contributed by atoms with Crippen LogP contribution in [0.25, 0.3) is 4.96 Å². The van der Waals surface area contributed by atoms with Gasteiger partial charge in [-0.05, 0) is 6.07 Å². The van der Waals surface area contributed by atoms with E-state index in [0.29, 0.717) is 0 Å². The number of imidazole rings is 1. The molecule has 0 spiro atoms. The first-order chi connectivity index (χ1) is 9.36. The molecule has 2 heterocycles. The average Bonchev–Trinajstić information content (AvgIpc) is 3.00. The van der Waals surface area contributed by atoms with Crippen LogP contribution in [0.15, 0.2) is 42.0 Å². The molecule has 0 fully saturated rings. The molecule has 5 heteroatoms. The first-order valence-electron chi connectivity index (χ1n) is 6.10. The Morgan fingerprint density at radius 2 is 2.21 bits per heavy atom. The van der Waals surface area contributed by atoms with Crippen molar-refractivity contribution in [2.75, 3.05) is 7.11 Å². The lowest BCUT2D eigenvalue weighted by molar-refractivity contribution is 0.407. The smallest absolute Gasteiger partial charge is 0.193 e. The number of methoxy groups -OCH3 is 1. The summed E-state index contributed by atoms with van der Waals surface area (Å²) in [5.41, 5.74) is 2.22. The van der Waals surface area contributed by atoms with Crippen LogP contribution < -0.4 is 10.1 Å². The monoisotopic (exact) mass is 273 g/mol. The number of para-hydroxylation sites is 1. The second-order valence-corrected chi connectivity index (χ2v) is 5.11. The van der Waals surface area contributed by atoms with E-state index in [4.69, 9.17) is 4.74 Å². The maximum absolute atomic E-state index is 5.33. The van der Waals surface area contributed by atoms with Gasteiger partial charge in [0.05, 0.1) is 12.8 Å². The number of nitrogens with one attached hydrogen (secondary N) is 1. The summed E-state index contributed by atoms with van der Waals surface area (Å²) >= 11 is 1.65. The largest absolute Gasteiger partial charge is 0.496 e. The third kappa shape index (κ3) is 2.62. The third-order valence-corrected chi connectivity index (χ3v) is 3.73. The Morgan fingerprint density at radius 3 is 3.05 bits per heavy atom. The predicted octanol–water partition coefficient (Wildman–Crippen LogP) is 2.69. The van der Waals surface area contributed by atoms with Crippen molar-refractivity contribution in [3.63, 3.8) is 0 Å². The minimum absolute atomic E-state index is 0.756. The number of fused-ring (bicyclic) bond motifs is 1. The molecule has 0 amide bonds. The molecule has 0 aliphatic rings. The van der Waals surface area contributed by atoms with E-state index in [0.717, 1.165) is 35.1 Å². The lowest BCUT2D eigenvalue weighted by atomic mass is 10.2. The zero-order valence-corrected chi connectivity index (χ0v) is 11.5. The van der Waals surface area contributed by atoms with Crippen molar-refractivity contribution in [1.82, 2.24) is 14.7 Å². The van der Waals surface area contributed by atoms with Crippen LogP contribution in [0.2, 0.25) is 0 Å². The highest BCUT2D eigenvalue weighted by Gasteiger charge is 2.04. The Labute approximate surface area is 115 Å². The molecular formula is C14H15N3OS. The van der Waals surface area contributed by atoms with Crippen molar-refractivity contribution in [2.45, 2.75) is 13.1 Å². The number of nitrogens with zero attached hydrogens (tertiary/aromatic N) is 2. The molecule has 0 bridgehead atoms. The molecule has 0 unspecified atom stereocenters. The van der Waals surface area contributed by atoms with Crippen LogP contribution in [0.4, 0.5) is 0 Å². The normalized spacial score (nSPS) is 11.0. The Kier molecular flexibility index (Phi) is 3.48. The zero-order chi connectivity index (χ0) is 13.1. The van der Waals surface area contributed by atoms with Gasteiger partial charge in [0.2, 0.25) is 0 Å². The van der Waals surface area contributed by atoms with Crippen LogP contribution in [0.1, 0.15) is 11.3 Å². The van der Waals surface area contributed by atoms with Crippen molar-refractivity contribution >= 4 is 16.3 Å². The highest BCUT2D eigenvalue weighted by molar-refractivity contribution is 7.15. The molecule has 0 radical (unpaired) electrons. The van der Waals surface area contributed by atoms with E-state index in [1.54, 1.807) is 18.4 Å². The number of benzene rings is 1. The second kappa shape index (κ2) is 5.42. The van der Waals surface area contributed by atoms with E-state index in [-0.39, 0.29) is 0 Å². The van der Waals surface area contributed by atoms with Crippen molar-refractivity contribution in [1.29, 1.82) is 0 Å². The molecule has 19 heavy (non-hydrogen) atoms. The quantitative estimate of drug-likeness (QED) is 0.777. The number of hydrogen-bond donors (Lipinski definition) is 1. The van der Waals surface area contributed by atoms with Crippen LogP contribution in [0.5, 0.6) is 5.75 Å². The van der Waals surface area contributed by atoms with Gasteiger partial charge in [-0.2, -0.15) is 0 Å². The standard InChI is InChI=1S/C14H15N3OS/c1-18-13-5-3-2-4-11(13)8-15-9-12-10-17-6-7-19-14(17)16-12/h2-7,10,15H,8-9H2,1H3. The predicted molar refractivity (Wildman–Crippen MR) is 76.6 cm³/mol. The SMILES string of the molecule is COc1ccccc1CNCc1cn2ccsc2n1. The Morgan fingerprint density at radius 1 is 1.32 bits per heavy atom. The van der Waals surface area contributed by atoms with Gasteiger partial charge in [0, 0.05) is 36.4 Å². The summed E-state index contributed by atoms with van der Waals surface area (Å²) in [5, 5.41) is 5.43. The fraction of sp³-hybridized carbons (Fsp3) is 0.214. The molecule has 3 aromatic rings. The van der Waals surface area contributed by atoms with E-state index >= 15 is 0 Å². The topological polar surface area (TPSA) is 38.6 Å². The summed E-state index contributed by atoms with van der Waals surface area (Å²) in [5.74, 6) is 0.917. The highest BCUT2D eigenvalue weighted by atomic mass is 32.1. The first kappa shape index (κ1) is 12.2. The fourth-order valence-electron chi connectivity index (χ4n) is 2.04. The number of hydrogen-bond acceptors (Lipinski definition) is 4. The third-order valence-electron chi connectivity index (χ3n) is 2.96. The van der Waals surface area contributed by atoms with Crippen LogP contribution in [-0.4, -0.2) is 16.5 Å². The minimum Gasteiger partial charge on any atom is -0.496 e. The number of aromatic nitrogens is 2. The van der Waals surface area contributed by atoms with Gasteiger partial charge in [0.25, 0.3) is 0 Å². The summed E-state index contributed by atoms with van der Waals surface area (Å²) in [6.07, 6.45) is 4.08. The van der Waals surface area contributed by atoms with Crippen molar-refractivity contribution < 1.29 is 4.74 Å². The fourth-order valence-corrected chi connectivity index (χ4v) is 2.75. The Balaban J connectivity index is 1.62. The lowest BCUT2D eigenvalue weighted by Crippen LogP contribution is -2.13. The van der Waals surface area contributed by atoms with Crippen LogP contribution in [-0.2, 0) is 13.1 Å². The van der Waals surface area contributed by atoms with Crippen LogP contribution in [0.3, 0.4) is 0 Å². The van der Waals surface area contributed by atoms with Gasteiger partial charge in [-0.1, -0.05) is 18.2 Å². The average molecular weight is 273 g/mol. The summed E-state index contributed by atoms with van der Waals surface area (Å²) in [7, 11) is 1.70. The van der Waals surface area contributed by atoms with E-state index < -0.39 is 0 Å². The number of ether oxygens (including phenoxy) is 1. The van der Waals surface area contributed by atoms with Crippen molar-refractivity contribution in [2.24, 2.45) is 0 Å². The van der Waals surface area contributed by atoms with Gasteiger partial charge in [-0.25, -0.2) is 4.98 Å². The Hall–Kier alpha value is -1.85. The van der Waals surface area contributed by atoms with Gasteiger partial charge >= 0.3 is 0 Å². The van der Waals surface area contributed by atoms with E-state index in [1.807, 2.05) is 34.2 Å². The summed E-state index contributed by atoms with van der Waals surface area (Å²) in [6.45, 7) is 1.53. The minimum atomic E-state index is 0.756. The van der Waals surface area contributed by atoms with Gasteiger partial charge in [0.15, 0.2) is 4.96 Å². The zero-order valence-electron chi connectivity index (χ0n) is 10.7. The summed E-state index contributed by atoms with van der Waals surface area (Å²) in [4.78, 5) is 5.57. The summed E-state index contributed by atoms with van der Waals surface area (Å²) < 4.78 is 7.37. The number of rotatable bonds is 5. The van der Waals surface area contributed by atoms with Gasteiger partial charge in [-0.15, -0.1) is 11.3 Å². The molecule has 0 saturated heterocycles. The first-order valence-corrected chi connectivity index (χ1v) is 6.98. The maximum Gasteiger partial charge on any atom is 0.193 e. The molecule has 1 N–H and O–H groups in total. The van der Waals surface area contributed by atoms with Gasteiger partial charge in [-0.3, -0.25) is 4.40 Å². The highest BCUT2D eigenvalue weighted by Crippen LogP contribution is 2.17. The molecule has 98 valence electrons. The molecule has 2 aromatic heterocycles. The number of thiazole rings is 1. The molecule has 4 nitrogen and oxygen atoms in total. The molecular weight excluding hydrogens is 258 g/mol. The maximum atomic E-state index is 5.33. The van der Waals surface area contributed by atoms with Crippen LogP contribution in [0, 0.1) is 0 Å². The van der Waals surface area contributed by atoms with Crippen molar-refractivity contribution in [3.05, 3.63) is 53.3 Å². The molecule has 0 atom stereocenters. The van der Waals surface area contributed by atoms with Gasteiger partial charge in [0.1, 0.15) is 5.75 Å². The van der Waals surface area contributed by atoms with E-state index in [1.165, 1.54) is 0 Å². The second-order valence-electron chi connectivity index (χ2n) is 4.24. The van der Waals surface area contributed by atoms with Crippen LogP contribution >= 0.6 is 11.3 Å². The Bertz CT molecular complexity index is 645. The van der Waals surface area contributed by atoms with E-state index in [2.05, 4.69) is 22.6 Å². The summed E-state index contributed by atoms with van der Waals surface area (Å²) in [6, 6.07) is 8.04. The van der Waals surface area contributed by atoms with Gasteiger partial charge < -0.3 is 10.1 Å². The molecule has 3 rings (SSSR count). The van der Waals surface area contributed by atoms with Crippen molar-refractivity contribution in [3.8, 4) is 5.75 Å². The van der Waals surface area contributed by atoms with E-state index in [9.17, 15) is 0 Å².